The number of aliphatic hydroxyl groups excluding tert-OH is 1. The fraction of sp³-hybridized carbons (Fsp3) is 0.533. The summed E-state index contributed by atoms with van der Waals surface area (Å²) < 4.78 is 5.27. The Morgan fingerprint density at radius 2 is 2.20 bits per heavy atom. The molecule has 2 atom stereocenters. The molecule has 5 nitrogen and oxygen atoms in total. The number of carbonyl (C=O) groups excluding carboxylic acids is 1. The summed E-state index contributed by atoms with van der Waals surface area (Å²) in [5, 5.41) is 9.27. The van der Waals surface area contributed by atoms with E-state index in [9.17, 15) is 9.90 Å². The summed E-state index contributed by atoms with van der Waals surface area (Å²) in [5.41, 5.74) is 7.14. The van der Waals surface area contributed by atoms with E-state index in [0.717, 1.165) is 5.56 Å². The minimum absolute atomic E-state index is 0.0405. The fourth-order valence-corrected chi connectivity index (χ4v) is 2.42. The number of nitrogens with zero attached hydrogens (tertiary/aromatic N) is 1. The molecule has 2 rings (SSSR count). The van der Waals surface area contributed by atoms with Crippen molar-refractivity contribution in [3.63, 3.8) is 0 Å². The Bertz CT molecular complexity index is 424. The summed E-state index contributed by atoms with van der Waals surface area (Å²) in [6.45, 7) is 1.43. The zero-order valence-corrected chi connectivity index (χ0v) is 11.6. The quantitative estimate of drug-likeness (QED) is 0.831. The summed E-state index contributed by atoms with van der Waals surface area (Å²) in [5.74, 6) is 0.0405. The van der Waals surface area contributed by atoms with Crippen LogP contribution >= 0.6 is 0 Å². The van der Waals surface area contributed by atoms with Crippen molar-refractivity contribution in [1.29, 1.82) is 0 Å². The van der Waals surface area contributed by atoms with Crippen LogP contribution in [0.3, 0.4) is 0 Å². The fourth-order valence-electron chi connectivity index (χ4n) is 2.42. The number of benzene rings is 1. The highest BCUT2D eigenvalue weighted by molar-refractivity contribution is 5.76. The molecule has 110 valence electrons. The molecule has 1 fully saturated rings. The molecule has 0 bridgehead atoms. The van der Waals surface area contributed by atoms with Gasteiger partial charge in [0.15, 0.2) is 0 Å². The Labute approximate surface area is 119 Å². The number of aliphatic hydroxyl groups is 1. The number of nitrogens with two attached hydrogens (primary N) is 1. The summed E-state index contributed by atoms with van der Waals surface area (Å²) in [6, 6.07) is 9.43. The molecule has 1 heterocycles. The van der Waals surface area contributed by atoms with E-state index in [4.69, 9.17) is 10.5 Å². The predicted octanol–water partition coefficient (Wildman–Crippen LogP) is 0.686. The third-order valence-electron chi connectivity index (χ3n) is 3.66. The smallest absolute Gasteiger partial charge is 0.223 e. The first kappa shape index (κ1) is 15.0. The van der Waals surface area contributed by atoms with Gasteiger partial charge in [-0.25, -0.2) is 0 Å². The van der Waals surface area contributed by atoms with Gasteiger partial charge in [0.05, 0.1) is 25.9 Å². The van der Waals surface area contributed by atoms with Crippen LogP contribution in [0.25, 0.3) is 0 Å². The van der Waals surface area contributed by atoms with E-state index in [2.05, 4.69) is 0 Å². The highest BCUT2D eigenvalue weighted by Crippen LogP contribution is 2.17. The molecule has 1 aromatic rings. The van der Waals surface area contributed by atoms with E-state index in [1.165, 1.54) is 0 Å². The van der Waals surface area contributed by atoms with Crippen LogP contribution in [0.15, 0.2) is 30.3 Å². The Morgan fingerprint density at radius 1 is 1.45 bits per heavy atom. The van der Waals surface area contributed by atoms with E-state index in [1.54, 1.807) is 4.90 Å². The van der Waals surface area contributed by atoms with Gasteiger partial charge in [-0.05, 0) is 12.0 Å². The molecule has 1 amide bonds. The summed E-state index contributed by atoms with van der Waals surface area (Å²) in [4.78, 5) is 13.9. The highest BCUT2D eigenvalue weighted by atomic mass is 16.5. The van der Waals surface area contributed by atoms with Crippen LogP contribution in [-0.2, 0) is 9.53 Å². The van der Waals surface area contributed by atoms with Crippen molar-refractivity contribution in [2.24, 2.45) is 5.73 Å². The van der Waals surface area contributed by atoms with Crippen molar-refractivity contribution >= 4 is 5.91 Å². The van der Waals surface area contributed by atoms with Crippen LogP contribution in [0, 0.1) is 0 Å². The molecule has 3 N–H and O–H groups in total. The van der Waals surface area contributed by atoms with Crippen molar-refractivity contribution < 1.29 is 14.6 Å². The largest absolute Gasteiger partial charge is 0.394 e. The molecule has 0 aromatic heterocycles. The van der Waals surface area contributed by atoms with E-state index >= 15 is 0 Å². The Balaban J connectivity index is 1.85. The van der Waals surface area contributed by atoms with Gasteiger partial charge in [-0.2, -0.15) is 0 Å². The zero-order valence-electron chi connectivity index (χ0n) is 11.6. The highest BCUT2D eigenvalue weighted by Gasteiger charge is 2.26. The molecule has 0 spiro atoms. The van der Waals surface area contributed by atoms with Crippen molar-refractivity contribution in [2.45, 2.75) is 24.9 Å². The lowest BCUT2D eigenvalue weighted by molar-refractivity contribution is -0.141. The normalized spacial score (nSPS) is 20.7. The van der Waals surface area contributed by atoms with Crippen LogP contribution in [0.4, 0.5) is 0 Å². The molecule has 1 aliphatic rings. The van der Waals surface area contributed by atoms with Crippen molar-refractivity contribution in [1.82, 2.24) is 4.90 Å². The lowest BCUT2D eigenvalue weighted by Crippen LogP contribution is -2.50. The van der Waals surface area contributed by atoms with Gasteiger partial charge in [0.25, 0.3) is 0 Å². The van der Waals surface area contributed by atoms with Gasteiger partial charge in [-0.1, -0.05) is 30.3 Å². The maximum absolute atomic E-state index is 12.2. The maximum atomic E-state index is 12.2. The average Bonchev–Trinajstić information content (AvgIpc) is 2.53. The van der Waals surface area contributed by atoms with E-state index in [0.29, 0.717) is 32.6 Å². The Hall–Kier alpha value is -1.43. The predicted molar refractivity (Wildman–Crippen MR) is 76.0 cm³/mol. The molecule has 0 aliphatic carbocycles. The van der Waals surface area contributed by atoms with Gasteiger partial charge in [-0.3, -0.25) is 4.79 Å². The van der Waals surface area contributed by atoms with Crippen LogP contribution in [-0.4, -0.2) is 48.3 Å². The molecule has 5 heteroatoms. The molecule has 0 saturated carbocycles. The molecular weight excluding hydrogens is 256 g/mol. The SMILES string of the molecule is NC(CCC(=O)N1CCOCC1CO)c1ccccc1. The van der Waals surface area contributed by atoms with Crippen LogP contribution < -0.4 is 5.73 Å². The number of amides is 1. The second kappa shape index (κ2) is 7.38. The third-order valence-corrected chi connectivity index (χ3v) is 3.66. The monoisotopic (exact) mass is 278 g/mol. The third kappa shape index (κ3) is 3.79. The number of ether oxygens (including phenoxy) is 1. The Morgan fingerprint density at radius 3 is 2.90 bits per heavy atom. The van der Waals surface area contributed by atoms with E-state index < -0.39 is 0 Å². The first-order valence-electron chi connectivity index (χ1n) is 7.01. The van der Waals surface area contributed by atoms with Crippen molar-refractivity contribution in [3.05, 3.63) is 35.9 Å². The first-order valence-corrected chi connectivity index (χ1v) is 7.01. The summed E-state index contributed by atoms with van der Waals surface area (Å²) >= 11 is 0. The molecular formula is C15H22N2O3. The number of carbonyl (C=O) groups is 1. The molecule has 2 unspecified atom stereocenters. The number of rotatable bonds is 5. The molecule has 1 aromatic carbocycles. The number of hydrogen-bond acceptors (Lipinski definition) is 4. The second-order valence-corrected chi connectivity index (χ2v) is 5.05. The topological polar surface area (TPSA) is 75.8 Å². The van der Waals surface area contributed by atoms with Crippen LogP contribution in [0.5, 0.6) is 0 Å². The van der Waals surface area contributed by atoms with E-state index in [1.807, 2.05) is 30.3 Å². The minimum atomic E-state index is -0.218. The zero-order chi connectivity index (χ0) is 14.4. The van der Waals surface area contributed by atoms with E-state index in [-0.39, 0.29) is 24.6 Å². The molecule has 1 aliphatic heterocycles. The van der Waals surface area contributed by atoms with Gasteiger partial charge >= 0.3 is 0 Å². The molecule has 20 heavy (non-hydrogen) atoms. The Kier molecular flexibility index (Phi) is 5.52. The molecule has 1 saturated heterocycles. The molecule has 0 radical (unpaired) electrons. The van der Waals surface area contributed by atoms with Crippen molar-refractivity contribution in [3.8, 4) is 0 Å². The van der Waals surface area contributed by atoms with Gasteiger partial charge < -0.3 is 20.5 Å². The van der Waals surface area contributed by atoms with Gasteiger partial charge in [0.2, 0.25) is 5.91 Å². The minimum Gasteiger partial charge on any atom is -0.394 e. The van der Waals surface area contributed by atoms with Crippen LogP contribution in [0.1, 0.15) is 24.4 Å². The second-order valence-electron chi connectivity index (χ2n) is 5.05. The average molecular weight is 278 g/mol. The van der Waals surface area contributed by atoms with Crippen LogP contribution in [0.2, 0.25) is 0 Å². The number of morpholine rings is 1. The number of hydrogen-bond donors (Lipinski definition) is 2. The lowest BCUT2D eigenvalue weighted by Gasteiger charge is -2.34. The van der Waals surface area contributed by atoms with Gasteiger partial charge in [-0.15, -0.1) is 0 Å². The summed E-state index contributed by atoms with van der Waals surface area (Å²) in [7, 11) is 0. The maximum Gasteiger partial charge on any atom is 0.223 e. The van der Waals surface area contributed by atoms with Gasteiger partial charge in [0, 0.05) is 19.0 Å². The first-order chi connectivity index (χ1) is 9.72. The lowest BCUT2D eigenvalue weighted by atomic mass is 10.0. The van der Waals surface area contributed by atoms with Crippen molar-refractivity contribution in [2.75, 3.05) is 26.4 Å². The van der Waals surface area contributed by atoms with Gasteiger partial charge in [0.1, 0.15) is 0 Å². The standard InChI is InChI=1S/C15H22N2O3/c16-14(12-4-2-1-3-5-12)6-7-15(19)17-8-9-20-11-13(17)10-18/h1-5,13-14,18H,6-11,16H2. The summed E-state index contributed by atoms with van der Waals surface area (Å²) in [6.07, 6.45) is 1.00.